The minimum absolute atomic E-state index is 0.0112. The Labute approximate surface area is 287 Å². The molecule has 3 atom stereocenters. The average molecular weight is 676 g/mol. The fraction of sp³-hybridized carbons (Fsp3) is 0.487. The fourth-order valence-corrected chi connectivity index (χ4v) is 7.01. The number of halogens is 2. The van der Waals surface area contributed by atoms with Crippen molar-refractivity contribution < 1.29 is 32.5 Å². The van der Waals surface area contributed by atoms with Gasteiger partial charge in [0.25, 0.3) is 0 Å². The van der Waals surface area contributed by atoms with Crippen molar-refractivity contribution >= 4 is 16.9 Å². The first-order valence-electron chi connectivity index (χ1n) is 17.8. The molecule has 10 heteroatoms. The molecule has 1 N–H and O–H groups in total. The van der Waals surface area contributed by atoms with Gasteiger partial charge in [0.2, 0.25) is 0 Å². The van der Waals surface area contributed by atoms with Gasteiger partial charge in [-0.15, -0.1) is 0 Å². The summed E-state index contributed by atoms with van der Waals surface area (Å²) in [5.41, 5.74) is 4.02. The molecule has 262 valence electrons. The Balaban J connectivity index is 1.16. The van der Waals surface area contributed by atoms with Crippen molar-refractivity contribution in [2.75, 3.05) is 44.4 Å². The van der Waals surface area contributed by atoms with Crippen LogP contribution in [-0.2, 0) is 9.47 Å². The lowest BCUT2D eigenvalue weighted by Gasteiger charge is -2.40. The van der Waals surface area contributed by atoms with Crippen molar-refractivity contribution in [3.63, 3.8) is 0 Å². The lowest BCUT2D eigenvalue weighted by molar-refractivity contribution is -0.105. The molecule has 8 nitrogen and oxygen atoms in total. The van der Waals surface area contributed by atoms with Crippen LogP contribution in [0.2, 0.25) is 0 Å². The van der Waals surface area contributed by atoms with Crippen molar-refractivity contribution in [1.29, 1.82) is 0 Å². The Bertz CT molecular complexity index is 1580. The van der Waals surface area contributed by atoms with Gasteiger partial charge in [-0.3, -0.25) is 4.90 Å². The fourth-order valence-electron chi connectivity index (χ4n) is 7.01. The van der Waals surface area contributed by atoms with Gasteiger partial charge in [-0.05, 0) is 93.0 Å². The number of likely N-dealkylation sites (tertiary alicyclic amines) is 1. The first-order valence-corrected chi connectivity index (χ1v) is 17.8. The zero-order valence-electron chi connectivity index (χ0n) is 28.5. The van der Waals surface area contributed by atoms with Gasteiger partial charge < -0.3 is 33.9 Å². The van der Waals surface area contributed by atoms with Gasteiger partial charge in [-0.1, -0.05) is 25.1 Å². The number of hydrogen-bond donors (Lipinski definition) is 1. The standard InChI is InChI=1S/C39H47F2N3O5/c1-3-16-43-23-31(24-43)49-39-32(40)20-29(21-33(39)41)44-34-15-12-28(26(2)22-42-37-8-4-6-17-45-37)19-36(34)47-25-35(44)27-10-13-30(14-11-27)48-38-9-5-7-18-46-38/h10-15,19-22,31,35,37-38,42H,3-9,16-18,23-25H2,1-2H3/b26-22+/t35-,37?,38?/m0/s1. The summed E-state index contributed by atoms with van der Waals surface area (Å²) in [6.07, 6.45) is 8.74. The smallest absolute Gasteiger partial charge is 0.199 e. The highest BCUT2D eigenvalue weighted by Gasteiger charge is 2.34. The Kier molecular flexibility index (Phi) is 10.5. The number of ether oxygens (including phenoxy) is 5. The van der Waals surface area contributed by atoms with E-state index in [1.807, 2.05) is 60.5 Å². The molecule has 3 saturated heterocycles. The molecule has 0 bridgehead atoms. The summed E-state index contributed by atoms with van der Waals surface area (Å²) in [4.78, 5) is 4.17. The topological polar surface area (TPSA) is 64.7 Å². The Morgan fingerprint density at radius 2 is 1.67 bits per heavy atom. The quantitative estimate of drug-likeness (QED) is 0.219. The molecule has 4 aliphatic heterocycles. The zero-order chi connectivity index (χ0) is 33.7. The molecule has 4 heterocycles. The van der Waals surface area contributed by atoms with Crippen molar-refractivity contribution in [3.8, 4) is 17.2 Å². The number of allylic oxidation sites excluding steroid dienone is 1. The predicted molar refractivity (Wildman–Crippen MR) is 185 cm³/mol. The number of hydrogen-bond acceptors (Lipinski definition) is 8. The van der Waals surface area contributed by atoms with Crippen LogP contribution in [0.4, 0.5) is 20.2 Å². The van der Waals surface area contributed by atoms with Gasteiger partial charge in [-0.2, -0.15) is 0 Å². The molecule has 7 rings (SSSR count). The minimum Gasteiger partial charge on any atom is -0.489 e. The highest BCUT2D eigenvalue weighted by Crippen LogP contribution is 2.46. The van der Waals surface area contributed by atoms with E-state index in [9.17, 15) is 0 Å². The molecule has 4 aliphatic rings. The molecule has 0 saturated carbocycles. The second kappa shape index (κ2) is 15.4. The van der Waals surface area contributed by atoms with Crippen molar-refractivity contribution in [1.82, 2.24) is 10.2 Å². The van der Waals surface area contributed by atoms with Crippen molar-refractivity contribution in [2.45, 2.75) is 83.5 Å². The predicted octanol–water partition coefficient (Wildman–Crippen LogP) is 8.09. The third-order valence-electron chi connectivity index (χ3n) is 9.73. The third kappa shape index (κ3) is 7.82. The number of nitrogens with one attached hydrogen (secondary N) is 1. The van der Waals surface area contributed by atoms with E-state index >= 15 is 8.78 Å². The molecule has 0 aliphatic carbocycles. The van der Waals surface area contributed by atoms with E-state index in [0.717, 1.165) is 74.8 Å². The Morgan fingerprint density at radius 3 is 2.37 bits per heavy atom. The molecule has 2 unspecified atom stereocenters. The number of anilines is 2. The van der Waals surface area contributed by atoms with Crippen LogP contribution in [0.5, 0.6) is 17.2 Å². The lowest BCUT2D eigenvalue weighted by Crippen LogP contribution is -2.53. The highest BCUT2D eigenvalue weighted by atomic mass is 19.1. The highest BCUT2D eigenvalue weighted by molar-refractivity contribution is 5.76. The monoisotopic (exact) mass is 675 g/mol. The lowest BCUT2D eigenvalue weighted by atomic mass is 9.99. The van der Waals surface area contributed by atoms with Gasteiger partial charge in [0, 0.05) is 50.1 Å². The molecule has 3 aromatic rings. The molecule has 3 fully saturated rings. The van der Waals surface area contributed by atoms with Crippen molar-refractivity contribution in [2.24, 2.45) is 0 Å². The first-order chi connectivity index (χ1) is 23.9. The van der Waals surface area contributed by atoms with Gasteiger partial charge in [0.05, 0.1) is 18.3 Å². The molecule has 0 spiro atoms. The molecule has 3 aromatic carbocycles. The maximum absolute atomic E-state index is 15.7. The van der Waals surface area contributed by atoms with Crippen molar-refractivity contribution in [3.05, 3.63) is 83.6 Å². The van der Waals surface area contributed by atoms with Crippen LogP contribution in [0.25, 0.3) is 5.57 Å². The number of nitrogens with zero attached hydrogens (tertiary/aromatic N) is 2. The summed E-state index contributed by atoms with van der Waals surface area (Å²) >= 11 is 0. The molecule has 0 amide bonds. The van der Waals surface area contributed by atoms with E-state index in [1.54, 1.807) is 0 Å². The number of benzene rings is 3. The molecular formula is C39H47F2N3O5. The molecule has 0 aromatic heterocycles. The second-order valence-corrected chi connectivity index (χ2v) is 13.4. The van der Waals surface area contributed by atoms with Gasteiger partial charge in [0.1, 0.15) is 30.4 Å². The zero-order valence-corrected chi connectivity index (χ0v) is 28.5. The van der Waals surface area contributed by atoms with Crippen LogP contribution in [0.15, 0.2) is 60.8 Å². The van der Waals surface area contributed by atoms with E-state index in [-0.39, 0.29) is 37.0 Å². The van der Waals surface area contributed by atoms with E-state index in [2.05, 4.69) is 17.1 Å². The van der Waals surface area contributed by atoms with E-state index in [1.165, 1.54) is 12.1 Å². The third-order valence-corrected chi connectivity index (χ3v) is 9.73. The van der Waals surface area contributed by atoms with E-state index in [4.69, 9.17) is 23.7 Å². The molecule has 49 heavy (non-hydrogen) atoms. The number of fused-ring (bicyclic) bond motifs is 1. The molecular weight excluding hydrogens is 628 g/mol. The second-order valence-electron chi connectivity index (χ2n) is 13.4. The minimum atomic E-state index is -0.724. The summed E-state index contributed by atoms with van der Waals surface area (Å²) in [5, 5.41) is 3.39. The summed E-state index contributed by atoms with van der Waals surface area (Å²) in [7, 11) is 0. The summed E-state index contributed by atoms with van der Waals surface area (Å²) < 4.78 is 61.3. The molecule has 0 radical (unpaired) electrons. The SMILES string of the molecule is CCCN1CC(Oc2c(F)cc(N3c4ccc(/C(C)=C/NC5CCCCO5)cc4OC[C@H]3c3ccc(OC4CCCCO4)cc3)cc2F)C1. The number of rotatable bonds is 11. The van der Waals surface area contributed by atoms with Crippen LogP contribution < -0.4 is 24.4 Å². The first kappa shape index (κ1) is 33.6. The largest absolute Gasteiger partial charge is 0.489 e. The Hall–Kier alpha value is -3.86. The van der Waals surface area contributed by atoms with Crippen LogP contribution in [0.3, 0.4) is 0 Å². The van der Waals surface area contributed by atoms with Crippen LogP contribution in [0, 0.1) is 11.6 Å². The normalized spacial score (nSPS) is 23.3. The van der Waals surface area contributed by atoms with Gasteiger partial charge >= 0.3 is 0 Å². The van der Waals surface area contributed by atoms with Crippen LogP contribution in [0.1, 0.15) is 76.0 Å². The maximum atomic E-state index is 15.7. The van der Waals surface area contributed by atoms with E-state index in [0.29, 0.717) is 42.6 Å². The average Bonchev–Trinajstić information content (AvgIpc) is 3.11. The summed E-state index contributed by atoms with van der Waals surface area (Å²) in [5.74, 6) is -0.425. The Morgan fingerprint density at radius 1 is 0.918 bits per heavy atom. The maximum Gasteiger partial charge on any atom is 0.199 e. The summed E-state index contributed by atoms with van der Waals surface area (Å²) in [6, 6.07) is 16.1. The van der Waals surface area contributed by atoms with Crippen LogP contribution >= 0.6 is 0 Å². The van der Waals surface area contributed by atoms with E-state index < -0.39 is 11.6 Å². The van der Waals surface area contributed by atoms with Crippen LogP contribution in [-0.4, -0.2) is 63.0 Å². The summed E-state index contributed by atoms with van der Waals surface area (Å²) in [6.45, 7) is 8.18. The van der Waals surface area contributed by atoms with Gasteiger partial charge in [0.15, 0.2) is 23.7 Å². The van der Waals surface area contributed by atoms with Gasteiger partial charge in [-0.25, -0.2) is 8.78 Å².